The fraction of sp³-hybridized carbons (Fsp3) is 0.136. The van der Waals surface area contributed by atoms with Crippen LogP contribution in [0.4, 0.5) is 11.4 Å². The normalized spacial score (nSPS) is 12.0. The summed E-state index contributed by atoms with van der Waals surface area (Å²) in [5.41, 5.74) is 1.20. The van der Waals surface area contributed by atoms with E-state index in [4.69, 9.17) is 14.6 Å². The van der Waals surface area contributed by atoms with Crippen LogP contribution in [0.2, 0.25) is 0 Å². The van der Waals surface area contributed by atoms with Crippen molar-refractivity contribution in [1.29, 1.82) is 0 Å². The molecule has 0 aliphatic rings. The van der Waals surface area contributed by atoms with Gasteiger partial charge < -0.3 is 20.1 Å². The highest BCUT2D eigenvalue weighted by molar-refractivity contribution is 7.89. The molecule has 0 heterocycles. The Balaban J connectivity index is 1.58. The van der Waals surface area contributed by atoms with Crippen molar-refractivity contribution in [3.8, 4) is 17.2 Å². The zero-order valence-electron chi connectivity index (χ0n) is 17.0. The van der Waals surface area contributed by atoms with E-state index < -0.39 is 16.1 Å². The summed E-state index contributed by atoms with van der Waals surface area (Å²) in [7, 11) is -2.20. The predicted octanol–water partition coefficient (Wildman–Crippen LogP) is 3.57. The molecule has 3 aromatic rings. The maximum Gasteiger partial charge on any atom is 0.246 e. The third-order valence-corrected chi connectivity index (χ3v) is 5.31. The summed E-state index contributed by atoms with van der Waals surface area (Å²) < 4.78 is 33.7. The third-order valence-electron chi connectivity index (χ3n) is 4.38. The SMILES string of the molecule is COc1ccccc1Oc1ccc(NC(C)C(=O)Nc2ccc(S(N)(=O)=O)cc2)cc1. The molecule has 0 bridgehead atoms. The van der Waals surface area contributed by atoms with Gasteiger partial charge in [-0.1, -0.05) is 12.1 Å². The number of primary sulfonamides is 1. The minimum Gasteiger partial charge on any atom is -0.493 e. The highest BCUT2D eigenvalue weighted by Gasteiger charge is 2.14. The zero-order chi connectivity index (χ0) is 22.4. The number of rotatable bonds is 8. The van der Waals surface area contributed by atoms with Gasteiger partial charge in [-0.2, -0.15) is 0 Å². The van der Waals surface area contributed by atoms with Crippen molar-refractivity contribution in [1.82, 2.24) is 0 Å². The lowest BCUT2D eigenvalue weighted by Gasteiger charge is -2.16. The summed E-state index contributed by atoms with van der Waals surface area (Å²) in [6.07, 6.45) is 0. The minimum atomic E-state index is -3.77. The van der Waals surface area contributed by atoms with Crippen LogP contribution in [0.25, 0.3) is 0 Å². The Morgan fingerprint density at radius 1 is 0.903 bits per heavy atom. The number of methoxy groups -OCH3 is 1. The maximum absolute atomic E-state index is 12.4. The molecule has 0 saturated heterocycles. The smallest absolute Gasteiger partial charge is 0.246 e. The van der Waals surface area contributed by atoms with E-state index in [0.717, 1.165) is 5.69 Å². The summed E-state index contributed by atoms with van der Waals surface area (Å²) >= 11 is 0. The molecule has 1 atom stereocenters. The Labute approximate surface area is 181 Å². The molecule has 0 aliphatic carbocycles. The van der Waals surface area contributed by atoms with Crippen LogP contribution in [-0.4, -0.2) is 27.5 Å². The molecule has 0 aromatic heterocycles. The van der Waals surface area contributed by atoms with E-state index in [9.17, 15) is 13.2 Å². The van der Waals surface area contributed by atoms with Crippen molar-refractivity contribution in [3.05, 3.63) is 72.8 Å². The number of nitrogens with two attached hydrogens (primary N) is 1. The van der Waals surface area contributed by atoms with Gasteiger partial charge in [0, 0.05) is 11.4 Å². The van der Waals surface area contributed by atoms with Gasteiger partial charge in [0.05, 0.1) is 12.0 Å². The lowest BCUT2D eigenvalue weighted by molar-refractivity contribution is -0.116. The Hall–Kier alpha value is -3.56. The molecule has 9 heteroatoms. The Morgan fingerprint density at radius 3 is 2.06 bits per heavy atom. The van der Waals surface area contributed by atoms with Gasteiger partial charge >= 0.3 is 0 Å². The molecule has 0 fully saturated rings. The standard InChI is InChI=1S/C22H23N3O5S/c1-15(22(26)25-17-9-13-19(14-10-17)31(23,27)28)24-16-7-11-18(12-8-16)30-21-6-4-3-5-20(21)29-2/h3-15,24H,1-2H3,(H,25,26)(H2,23,27,28). The van der Waals surface area contributed by atoms with Crippen LogP contribution >= 0.6 is 0 Å². The van der Waals surface area contributed by atoms with Gasteiger partial charge in [0.25, 0.3) is 0 Å². The summed E-state index contributed by atoms with van der Waals surface area (Å²) in [6, 6.07) is 19.6. The molecule has 0 aliphatic heterocycles. The summed E-state index contributed by atoms with van der Waals surface area (Å²) in [6.45, 7) is 1.72. The summed E-state index contributed by atoms with van der Waals surface area (Å²) in [5, 5.41) is 10.9. The van der Waals surface area contributed by atoms with E-state index >= 15 is 0 Å². The van der Waals surface area contributed by atoms with Crippen molar-refractivity contribution in [2.75, 3.05) is 17.7 Å². The van der Waals surface area contributed by atoms with Gasteiger partial charge in [0.15, 0.2) is 11.5 Å². The van der Waals surface area contributed by atoms with Crippen molar-refractivity contribution in [2.45, 2.75) is 17.9 Å². The number of carbonyl (C=O) groups is 1. The minimum absolute atomic E-state index is 0.0212. The fourth-order valence-corrected chi connectivity index (χ4v) is 3.26. The molecule has 0 saturated carbocycles. The van der Waals surface area contributed by atoms with Gasteiger partial charge in [-0.15, -0.1) is 0 Å². The first kappa shape index (κ1) is 22.1. The van der Waals surface area contributed by atoms with E-state index in [0.29, 0.717) is 22.9 Å². The Kier molecular flexibility index (Phi) is 6.78. The van der Waals surface area contributed by atoms with Gasteiger partial charge in [-0.05, 0) is 67.6 Å². The number of amides is 1. The largest absolute Gasteiger partial charge is 0.493 e. The van der Waals surface area contributed by atoms with Crippen LogP contribution < -0.4 is 25.2 Å². The van der Waals surface area contributed by atoms with Crippen LogP contribution in [0.15, 0.2) is 77.7 Å². The number of hydrogen-bond donors (Lipinski definition) is 3. The average Bonchev–Trinajstić information content (AvgIpc) is 2.75. The average molecular weight is 442 g/mol. The molecular weight excluding hydrogens is 418 g/mol. The number of sulfonamides is 1. The lowest BCUT2D eigenvalue weighted by atomic mass is 10.2. The molecule has 0 spiro atoms. The number of para-hydroxylation sites is 2. The number of anilines is 2. The van der Waals surface area contributed by atoms with E-state index in [-0.39, 0.29) is 10.8 Å². The van der Waals surface area contributed by atoms with Crippen LogP contribution in [0.1, 0.15) is 6.92 Å². The molecular formula is C22H23N3O5S. The quantitative estimate of drug-likeness (QED) is 0.492. The first-order valence-corrected chi connectivity index (χ1v) is 10.9. The monoisotopic (exact) mass is 441 g/mol. The van der Waals surface area contributed by atoms with Gasteiger partial charge in [-0.25, -0.2) is 13.6 Å². The van der Waals surface area contributed by atoms with Crippen molar-refractivity contribution in [2.24, 2.45) is 5.14 Å². The zero-order valence-corrected chi connectivity index (χ0v) is 17.8. The third kappa shape index (κ3) is 5.97. The molecule has 162 valence electrons. The second-order valence-corrected chi connectivity index (χ2v) is 8.26. The number of hydrogen-bond acceptors (Lipinski definition) is 6. The van der Waals surface area contributed by atoms with Crippen molar-refractivity contribution < 1.29 is 22.7 Å². The second-order valence-electron chi connectivity index (χ2n) is 6.70. The van der Waals surface area contributed by atoms with Crippen LogP contribution in [0.3, 0.4) is 0 Å². The van der Waals surface area contributed by atoms with Gasteiger partial charge in [-0.3, -0.25) is 4.79 Å². The molecule has 3 rings (SSSR count). The number of nitrogens with one attached hydrogen (secondary N) is 2. The van der Waals surface area contributed by atoms with E-state index in [1.165, 1.54) is 24.3 Å². The van der Waals surface area contributed by atoms with Crippen LogP contribution in [0, 0.1) is 0 Å². The molecule has 4 N–H and O–H groups in total. The summed E-state index contributed by atoms with van der Waals surface area (Å²) in [4.78, 5) is 12.4. The fourth-order valence-electron chi connectivity index (χ4n) is 2.74. The van der Waals surface area contributed by atoms with Crippen LogP contribution in [-0.2, 0) is 14.8 Å². The molecule has 0 radical (unpaired) electrons. The van der Waals surface area contributed by atoms with Gasteiger partial charge in [0.2, 0.25) is 15.9 Å². The molecule has 3 aromatic carbocycles. The van der Waals surface area contributed by atoms with Crippen LogP contribution in [0.5, 0.6) is 17.2 Å². The second kappa shape index (κ2) is 9.50. The maximum atomic E-state index is 12.4. The lowest BCUT2D eigenvalue weighted by Crippen LogP contribution is -2.31. The van der Waals surface area contributed by atoms with E-state index in [1.54, 1.807) is 38.3 Å². The highest BCUT2D eigenvalue weighted by atomic mass is 32.2. The van der Waals surface area contributed by atoms with Crippen molar-refractivity contribution >= 4 is 27.3 Å². The molecule has 1 unspecified atom stereocenters. The molecule has 31 heavy (non-hydrogen) atoms. The first-order chi connectivity index (χ1) is 14.8. The Morgan fingerprint density at radius 2 is 1.48 bits per heavy atom. The highest BCUT2D eigenvalue weighted by Crippen LogP contribution is 2.31. The number of carbonyl (C=O) groups excluding carboxylic acids is 1. The first-order valence-electron chi connectivity index (χ1n) is 9.37. The van der Waals surface area contributed by atoms with E-state index in [1.807, 2.05) is 24.3 Å². The molecule has 1 amide bonds. The number of benzene rings is 3. The molecule has 8 nitrogen and oxygen atoms in total. The van der Waals surface area contributed by atoms with Crippen molar-refractivity contribution in [3.63, 3.8) is 0 Å². The van der Waals surface area contributed by atoms with E-state index in [2.05, 4.69) is 10.6 Å². The van der Waals surface area contributed by atoms with Gasteiger partial charge in [0.1, 0.15) is 11.8 Å². The Bertz CT molecular complexity index is 1150. The number of ether oxygens (including phenoxy) is 2. The summed E-state index contributed by atoms with van der Waals surface area (Å²) in [5.74, 6) is 1.58. The topological polar surface area (TPSA) is 120 Å². The predicted molar refractivity (Wildman–Crippen MR) is 119 cm³/mol.